The molecule has 0 saturated carbocycles. The van der Waals surface area contributed by atoms with E-state index in [-0.39, 0.29) is 5.78 Å². The largest absolute Gasteiger partial charge is 0.493 e. The fourth-order valence-electron chi connectivity index (χ4n) is 1.81. The van der Waals surface area contributed by atoms with Gasteiger partial charge in [0.05, 0.1) is 18.3 Å². The van der Waals surface area contributed by atoms with E-state index in [2.05, 4.69) is 10.1 Å². The second-order valence-electron chi connectivity index (χ2n) is 3.97. The van der Waals surface area contributed by atoms with Crippen molar-refractivity contribution in [2.24, 2.45) is 0 Å². The first-order chi connectivity index (χ1) is 9.19. The van der Waals surface area contributed by atoms with Crippen molar-refractivity contribution in [3.63, 3.8) is 0 Å². The Morgan fingerprint density at radius 2 is 2.26 bits per heavy atom. The third-order valence-corrected chi connectivity index (χ3v) is 2.99. The number of carbonyl (C=O) groups excluding carboxylic acids is 1. The summed E-state index contributed by atoms with van der Waals surface area (Å²) in [7, 11) is 1.51. The van der Waals surface area contributed by atoms with Crippen molar-refractivity contribution in [1.29, 1.82) is 0 Å². The summed E-state index contributed by atoms with van der Waals surface area (Å²) < 4.78 is 6.83. The van der Waals surface area contributed by atoms with Gasteiger partial charge in [-0.3, -0.25) is 14.5 Å². The second kappa shape index (κ2) is 5.84. The van der Waals surface area contributed by atoms with Crippen LogP contribution in [0.1, 0.15) is 29.4 Å². The SMILES string of the molecule is CCCn1ncc(OC)c1C(=O)c1ccncc1Cl. The highest BCUT2D eigenvalue weighted by Gasteiger charge is 2.22. The molecule has 0 radical (unpaired) electrons. The normalized spacial score (nSPS) is 10.5. The monoisotopic (exact) mass is 279 g/mol. The predicted octanol–water partition coefficient (Wildman–Crippen LogP) is 2.58. The molecule has 0 spiro atoms. The third-order valence-electron chi connectivity index (χ3n) is 2.69. The van der Waals surface area contributed by atoms with Crippen molar-refractivity contribution in [3.8, 4) is 5.75 Å². The van der Waals surface area contributed by atoms with Crippen LogP contribution < -0.4 is 4.74 Å². The van der Waals surface area contributed by atoms with Crippen molar-refractivity contribution in [3.05, 3.63) is 40.9 Å². The van der Waals surface area contributed by atoms with Crippen molar-refractivity contribution >= 4 is 17.4 Å². The molecule has 2 aromatic heterocycles. The third kappa shape index (κ3) is 2.61. The average molecular weight is 280 g/mol. The van der Waals surface area contributed by atoms with Crippen molar-refractivity contribution in [1.82, 2.24) is 14.8 Å². The van der Waals surface area contributed by atoms with E-state index in [1.54, 1.807) is 10.7 Å². The van der Waals surface area contributed by atoms with Gasteiger partial charge in [0.2, 0.25) is 5.78 Å². The van der Waals surface area contributed by atoms with Gasteiger partial charge >= 0.3 is 0 Å². The Morgan fingerprint density at radius 1 is 1.47 bits per heavy atom. The number of hydrogen-bond acceptors (Lipinski definition) is 4. The zero-order chi connectivity index (χ0) is 13.8. The Morgan fingerprint density at radius 3 is 2.89 bits per heavy atom. The van der Waals surface area contributed by atoms with Gasteiger partial charge in [0, 0.05) is 24.5 Å². The minimum Gasteiger partial charge on any atom is -0.493 e. The van der Waals surface area contributed by atoms with Gasteiger partial charge < -0.3 is 4.74 Å². The number of rotatable bonds is 5. The number of ether oxygens (including phenoxy) is 1. The molecule has 100 valence electrons. The summed E-state index contributed by atoms with van der Waals surface area (Å²) in [5.41, 5.74) is 0.810. The first-order valence-electron chi connectivity index (χ1n) is 5.93. The van der Waals surface area contributed by atoms with Gasteiger partial charge in [0.25, 0.3) is 0 Å². The molecule has 2 rings (SSSR count). The first kappa shape index (κ1) is 13.5. The molecule has 5 nitrogen and oxygen atoms in total. The minimum absolute atomic E-state index is 0.213. The Labute approximate surface area is 116 Å². The van der Waals surface area contributed by atoms with Gasteiger partial charge in [0.15, 0.2) is 11.4 Å². The van der Waals surface area contributed by atoms with Gasteiger partial charge in [-0.05, 0) is 12.5 Å². The molecule has 0 saturated heterocycles. The molecule has 2 aromatic rings. The van der Waals surface area contributed by atoms with Gasteiger partial charge in [-0.2, -0.15) is 5.10 Å². The molecule has 19 heavy (non-hydrogen) atoms. The molecule has 0 aliphatic rings. The molecule has 0 amide bonds. The summed E-state index contributed by atoms with van der Waals surface area (Å²) in [6, 6.07) is 1.59. The average Bonchev–Trinajstić information content (AvgIpc) is 2.82. The molecule has 0 aliphatic heterocycles. The molecule has 2 heterocycles. The Balaban J connectivity index is 2.48. The molecule has 0 unspecified atom stereocenters. The Hall–Kier alpha value is -1.88. The zero-order valence-corrected chi connectivity index (χ0v) is 11.5. The van der Waals surface area contributed by atoms with E-state index in [4.69, 9.17) is 16.3 Å². The number of ketones is 1. The van der Waals surface area contributed by atoms with Crippen molar-refractivity contribution < 1.29 is 9.53 Å². The highest BCUT2D eigenvalue weighted by Crippen LogP contribution is 2.24. The van der Waals surface area contributed by atoms with Gasteiger partial charge in [-0.1, -0.05) is 18.5 Å². The van der Waals surface area contributed by atoms with Crippen LogP contribution in [-0.2, 0) is 6.54 Å². The number of aryl methyl sites for hydroxylation is 1. The lowest BCUT2D eigenvalue weighted by Crippen LogP contribution is -2.13. The Kier molecular flexibility index (Phi) is 4.16. The molecule has 0 aromatic carbocycles. The molecule has 0 aliphatic carbocycles. The minimum atomic E-state index is -0.213. The number of pyridine rings is 1. The van der Waals surface area contributed by atoms with E-state index >= 15 is 0 Å². The van der Waals surface area contributed by atoms with E-state index in [0.29, 0.717) is 28.6 Å². The molecule has 0 N–H and O–H groups in total. The second-order valence-corrected chi connectivity index (χ2v) is 4.38. The van der Waals surface area contributed by atoms with Crippen LogP contribution in [-0.4, -0.2) is 27.7 Å². The number of carbonyl (C=O) groups is 1. The smallest absolute Gasteiger partial charge is 0.216 e. The highest BCUT2D eigenvalue weighted by atomic mass is 35.5. The van der Waals surface area contributed by atoms with Crippen molar-refractivity contribution in [2.75, 3.05) is 7.11 Å². The summed E-state index contributed by atoms with van der Waals surface area (Å²) in [6.45, 7) is 2.66. The fraction of sp³-hybridized carbons (Fsp3) is 0.308. The van der Waals surface area contributed by atoms with Crippen LogP contribution in [0.3, 0.4) is 0 Å². The van der Waals surface area contributed by atoms with Gasteiger partial charge in [0.1, 0.15) is 0 Å². The first-order valence-corrected chi connectivity index (χ1v) is 6.30. The van der Waals surface area contributed by atoms with Crippen LogP contribution in [0.5, 0.6) is 5.75 Å². The van der Waals surface area contributed by atoms with Gasteiger partial charge in [-0.25, -0.2) is 0 Å². The maximum Gasteiger partial charge on any atom is 0.216 e. The standard InChI is InChI=1S/C13H14ClN3O2/c1-3-6-17-12(11(19-2)8-16-17)13(18)9-4-5-15-7-10(9)14/h4-5,7-8H,3,6H2,1-2H3. The van der Waals surface area contributed by atoms with Crippen LogP contribution in [0, 0.1) is 0 Å². The molecular formula is C13H14ClN3O2. The predicted molar refractivity (Wildman–Crippen MR) is 71.7 cm³/mol. The number of methoxy groups -OCH3 is 1. The summed E-state index contributed by atoms with van der Waals surface area (Å²) >= 11 is 6.01. The maximum absolute atomic E-state index is 12.6. The maximum atomic E-state index is 12.6. The van der Waals surface area contributed by atoms with Gasteiger partial charge in [-0.15, -0.1) is 0 Å². The van der Waals surface area contributed by atoms with Crippen LogP contribution in [0.15, 0.2) is 24.7 Å². The van der Waals surface area contributed by atoms with Crippen molar-refractivity contribution in [2.45, 2.75) is 19.9 Å². The lowest BCUT2D eigenvalue weighted by molar-refractivity contribution is 0.102. The van der Waals surface area contributed by atoms with E-state index < -0.39 is 0 Å². The summed E-state index contributed by atoms with van der Waals surface area (Å²) in [4.78, 5) is 16.4. The molecule has 6 heteroatoms. The summed E-state index contributed by atoms with van der Waals surface area (Å²) in [6.07, 6.45) is 5.39. The number of nitrogens with zero attached hydrogens (tertiary/aromatic N) is 3. The fourth-order valence-corrected chi connectivity index (χ4v) is 2.02. The van der Waals surface area contributed by atoms with E-state index in [9.17, 15) is 4.79 Å². The van der Waals surface area contributed by atoms with Crippen LogP contribution in [0.2, 0.25) is 5.02 Å². The van der Waals surface area contributed by atoms with E-state index in [1.807, 2.05) is 6.92 Å². The van der Waals surface area contributed by atoms with E-state index in [1.165, 1.54) is 25.7 Å². The molecule has 0 bridgehead atoms. The summed E-state index contributed by atoms with van der Waals surface area (Å²) in [5, 5.41) is 4.48. The quantitative estimate of drug-likeness (QED) is 0.790. The lowest BCUT2D eigenvalue weighted by atomic mass is 10.1. The number of hydrogen-bond donors (Lipinski definition) is 0. The topological polar surface area (TPSA) is 57.0 Å². The highest BCUT2D eigenvalue weighted by molar-refractivity contribution is 6.34. The number of halogens is 1. The molecule has 0 fully saturated rings. The molecular weight excluding hydrogens is 266 g/mol. The number of aromatic nitrogens is 3. The Bertz CT molecular complexity index is 595. The van der Waals surface area contributed by atoms with Crippen LogP contribution >= 0.6 is 11.6 Å². The summed E-state index contributed by atoms with van der Waals surface area (Å²) in [5.74, 6) is 0.238. The van der Waals surface area contributed by atoms with E-state index in [0.717, 1.165) is 6.42 Å². The molecule has 0 atom stereocenters. The van der Waals surface area contributed by atoms with Crippen LogP contribution in [0.25, 0.3) is 0 Å². The lowest BCUT2D eigenvalue weighted by Gasteiger charge is -2.08. The van der Waals surface area contributed by atoms with Crippen LogP contribution in [0.4, 0.5) is 0 Å². The zero-order valence-electron chi connectivity index (χ0n) is 10.8.